The summed E-state index contributed by atoms with van der Waals surface area (Å²) in [6.07, 6.45) is 4.89. The topological polar surface area (TPSA) is 17.0 Å². The van der Waals surface area contributed by atoms with E-state index in [-0.39, 0.29) is 0 Å². The number of fused-ring (bicyclic) bond motifs is 1. The highest BCUT2D eigenvalue weighted by Gasteiger charge is 2.19. The van der Waals surface area contributed by atoms with Gasteiger partial charge < -0.3 is 9.88 Å². The lowest BCUT2D eigenvalue weighted by molar-refractivity contribution is 0.688. The van der Waals surface area contributed by atoms with Crippen LogP contribution in [-0.2, 0) is 13.1 Å². The van der Waals surface area contributed by atoms with Gasteiger partial charge in [-0.15, -0.1) is 11.3 Å². The molecule has 2 aromatic heterocycles. The Hall–Kier alpha value is -1.58. The summed E-state index contributed by atoms with van der Waals surface area (Å²) in [6, 6.07) is 14.1. The van der Waals surface area contributed by atoms with Gasteiger partial charge in [0.15, 0.2) is 0 Å². The van der Waals surface area contributed by atoms with Crippen molar-refractivity contribution < 1.29 is 0 Å². The van der Waals surface area contributed by atoms with Gasteiger partial charge in [-0.05, 0) is 53.4 Å². The van der Waals surface area contributed by atoms with Crippen molar-refractivity contribution in [3.8, 4) is 0 Å². The smallest absolute Gasteiger partial charge is 0.0569 e. The van der Waals surface area contributed by atoms with Gasteiger partial charge in [-0.3, -0.25) is 0 Å². The molecule has 0 bridgehead atoms. The number of hydrogen-bond donors (Lipinski definition) is 1. The predicted molar refractivity (Wildman–Crippen MR) is 85.2 cm³/mol. The fourth-order valence-corrected chi connectivity index (χ4v) is 3.32. The van der Waals surface area contributed by atoms with Crippen LogP contribution in [0.4, 0.5) is 0 Å². The van der Waals surface area contributed by atoms with E-state index in [1.54, 1.807) is 0 Å². The van der Waals surface area contributed by atoms with Crippen molar-refractivity contribution in [2.45, 2.75) is 32.0 Å². The van der Waals surface area contributed by atoms with Crippen molar-refractivity contribution in [2.24, 2.45) is 0 Å². The molecule has 0 unspecified atom stereocenters. The summed E-state index contributed by atoms with van der Waals surface area (Å²) >= 11 is 1.82. The van der Waals surface area contributed by atoms with Gasteiger partial charge in [0, 0.05) is 29.2 Å². The zero-order chi connectivity index (χ0) is 13.4. The highest BCUT2D eigenvalue weighted by molar-refractivity contribution is 7.09. The van der Waals surface area contributed by atoms with E-state index in [0.29, 0.717) is 0 Å². The number of hydrogen-bond acceptors (Lipinski definition) is 2. The average Bonchev–Trinajstić information content (AvgIpc) is 3.00. The fraction of sp³-hybridized carbons (Fsp3) is 0.294. The number of rotatable bonds is 5. The summed E-state index contributed by atoms with van der Waals surface area (Å²) in [4.78, 5) is 1.40. The quantitative estimate of drug-likeness (QED) is 0.748. The Morgan fingerprint density at radius 2 is 2.15 bits per heavy atom. The van der Waals surface area contributed by atoms with Gasteiger partial charge in [0.25, 0.3) is 0 Å². The molecule has 1 saturated carbocycles. The molecule has 2 heterocycles. The van der Waals surface area contributed by atoms with Gasteiger partial charge in [0.1, 0.15) is 0 Å². The fourth-order valence-electron chi connectivity index (χ4n) is 2.62. The van der Waals surface area contributed by atoms with E-state index in [0.717, 1.165) is 19.1 Å². The van der Waals surface area contributed by atoms with E-state index < -0.39 is 0 Å². The minimum Gasteiger partial charge on any atom is -0.342 e. The first-order valence-corrected chi connectivity index (χ1v) is 8.10. The number of nitrogens with zero attached hydrogens (tertiary/aromatic N) is 1. The van der Waals surface area contributed by atoms with Crippen LogP contribution in [0.15, 0.2) is 48.0 Å². The van der Waals surface area contributed by atoms with E-state index in [9.17, 15) is 0 Å². The molecule has 1 fully saturated rings. The third kappa shape index (κ3) is 2.51. The summed E-state index contributed by atoms with van der Waals surface area (Å²) in [6.45, 7) is 1.97. The van der Waals surface area contributed by atoms with E-state index in [4.69, 9.17) is 0 Å². The van der Waals surface area contributed by atoms with Crippen LogP contribution in [0.25, 0.3) is 10.9 Å². The third-order valence-corrected chi connectivity index (χ3v) is 4.78. The second-order valence-electron chi connectivity index (χ2n) is 5.57. The van der Waals surface area contributed by atoms with E-state index in [1.165, 1.54) is 34.2 Å². The van der Waals surface area contributed by atoms with Crippen LogP contribution in [0.2, 0.25) is 0 Å². The number of nitrogens with one attached hydrogen (secondary N) is 1. The zero-order valence-electron chi connectivity index (χ0n) is 11.4. The first-order chi connectivity index (χ1) is 9.88. The first kappa shape index (κ1) is 12.2. The van der Waals surface area contributed by atoms with Crippen LogP contribution in [0.1, 0.15) is 23.3 Å². The predicted octanol–water partition coefficient (Wildman–Crippen LogP) is 4.00. The van der Waals surface area contributed by atoms with Crippen LogP contribution in [-0.4, -0.2) is 10.6 Å². The molecule has 0 saturated heterocycles. The maximum absolute atomic E-state index is 3.58. The van der Waals surface area contributed by atoms with Crippen LogP contribution < -0.4 is 5.32 Å². The molecule has 0 radical (unpaired) electrons. The Bertz CT molecular complexity index is 708. The first-order valence-electron chi connectivity index (χ1n) is 7.22. The Morgan fingerprint density at radius 1 is 1.20 bits per heavy atom. The van der Waals surface area contributed by atoms with Gasteiger partial charge in [-0.25, -0.2) is 0 Å². The highest BCUT2D eigenvalue weighted by Crippen LogP contribution is 2.22. The maximum atomic E-state index is 3.58. The summed E-state index contributed by atoms with van der Waals surface area (Å²) < 4.78 is 2.33. The molecule has 3 heteroatoms. The van der Waals surface area contributed by atoms with Crippen LogP contribution in [0.5, 0.6) is 0 Å². The Kier molecular flexibility index (Phi) is 3.09. The van der Waals surface area contributed by atoms with Crippen molar-refractivity contribution in [1.29, 1.82) is 0 Å². The van der Waals surface area contributed by atoms with E-state index >= 15 is 0 Å². The molecular weight excluding hydrogens is 264 g/mol. The van der Waals surface area contributed by atoms with Gasteiger partial charge in [-0.1, -0.05) is 12.1 Å². The van der Waals surface area contributed by atoms with Crippen molar-refractivity contribution >= 4 is 22.2 Å². The van der Waals surface area contributed by atoms with Gasteiger partial charge >= 0.3 is 0 Å². The average molecular weight is 282 g/mol. The molecule has 1 N–H and O–H groups in total. The second-order valence-corrected chi connectivity index (χ2v) is 6.60. The summed E-state index contributed by atoms with van der Waals surface area (Å²) in [5, 5.41) is 7.06. The van der Waals surface area contributed by atoms with Gasteiger partial charge in [-0.2, -0.15) is 0 Å². The molecule has 3 aromatic rings. The molecule has 0 amide bonds. The number of benzene rings is 1. The Morgan fingerprint density at radius 3 is 2.95 bits per heavy atom. The normalized spacial score (nSPS) is 15.0. The molecule has 20 heavy (non-hydrogen) atoms. The van der Waals surface area contributed by atoms with Crippen molar-refractivity contribution in [3.63, 3.8) is 0 Å². The maximum Gasteiger partial charge on any atom is 0.0569 e. The van der Waals surface area contributed by atoms with Crippen LogP contribution in [0.3, 0.4) is 0 Å². The molecule has 2 nitrogen and oxygen atoms in total. The summed E-state index contributed by atoms with van der Waals surface area (Å²) in [5.74, 6) is 0. The van der Waals surface area contributed by atoms with E-state index in [1.807, 2.05) is 11.3 Å². The Balaban J connectivity index is 1.57. The second kappa shape index (κ2) is 5.08. The Labute approximate surface area is 123 Å². The molecule has 1 aliphatic rings. The van der Waals surface area contributed by atoms with Gasteiger partial charge in [0.2, 0.25) is 0 Å². The van der Waals surface area contributed by atoms with E-state index in [2.05, 4.69) is 57.9 Å². The number of aromatic nitrogens is 1. The molecule has 4 rings (SSSR count). The largest absolute Gasteiger partial charge is 0.342 e. The highest BCUT2D eigenvalue weighted by atomic mass is 32.1. The van der Waals surface area contributed by atoms with Crippen LogP contribution >= 0.6 is 11.3 Å². The third-order valence-electron chi connectivity index (χ3n) is 3.91. The SMILES string of the molecule is c1csc(Cn2ccc3cc(CNC4CC4)ccc32)c1. The molecule has 1 aliphatic carbocycles. The molecule has 0 atom stereocenters. The minimum absolute atomic E-state index is 0.772. The standard InChI is InChI=1S/C17H18N2S/c1-2-16(20-9-1)12-19-8-7-14-10-13(3-6-17(14)19)11-18-15-4-5-15/h1-3,6-10,15,18H,4-5,11-12H2. The van der Waals surface area contributed by atoms with Crippen molar-refractivity contribution in [3.05, 3.63) is 58.4 Å². The molecule has 1 aromatic carbocycles. The van der Waals surface area contributed by atoms with Crippen molar-refractivity contribution in [1.82, 2.24) is 9.88 Å². The molecular formula is C17H18N2S. The lowest BCUT2D eigenvalue weighted by Crippen LogP contribution is -2.15. The van der Waals surface area contributed by atoms with Crippen molar-refractivity contribution in [2.75, 3.05) is 0 Å². The molecule has 102 valence electrons. The van der Waals surface area contributed by atoms with Gasteiger partial charge in [0.05, 0.1) is 6.54 Å². The lowest BCUT2D eigenvalue weighted by Gasteiger charge is -2.06. The monoisotopic (exact) mass is 282 g/mol. The number of thiophene rings is 1. The lowest BCUT2D eigenvalue weighted by atomic mass is 10.1. The van der Waals surface area contributed by atoms with Crippen LogP contribution in [0, 0.1) is 0 Å². The molecule has 0 spiro atoms. The molecule has 0 aliphatic heterocycles. The summed E-state index contributed by atoms with van der Waals surface area (Å²) in [7, 11) is 0. The minimum atomic E-state index is 0.772. The summed E-state index contributed by atoms with van der Waals surface area (Å²) in [5.41, 5.74) is 2.71. The zero-order valence-corrected chi connectivity index (χ0v) is 12.2.